The van der Waals surface area contributed by atoms with Crippen molar-refractivity contribution in [3.05, 3.63) is 0 Å². The van der Waals surface area contributed by atoms with Crippen LogP contribution in [0.25, 0.3) is 0 Å². The summed E-state index contributed by atoms with van der Waals surface area (Å²) in [6.07, 6.45) is 64.0. The molecule has 0 rings (SSSR count). The van der Waals surface area contributed by atoms with E-state index in [1.54, 1.807) is 0 Å². The average Bonchev–Trinajstić information content (AvgIpc) is 3.37. The van der Waals surface area contributed by atoms with Gasteiger partial charge in [-0.15, -0.1) is 0 Å². The predicted molar refractivity (Wildman–Crippen MR) is 314 cm³/mol. The number of carboxylic acids is 1. The Kier molecular flexibility index (Phi) is 56.1. The first-order chi connectivity index (χ1) is 36.1. The minimum atomic E-state index is -1.50. The summed E-state index contributed by atoms with van der Waals surface area (Å²) in [5, 5.41) is 9.68. The molecule has 9 heteroatoms. The fourth-order valence-electron chi connectivity index (χ4n) is 10.1. The molecule has 0 bridgehead atoms. The molecule has 0 saturated heterocycles. The maximum absolute atomic E-state index is 12.9. The number of carboxylic acid groups (broad SMARTS) is 1. The van der Waals surface area contributed by atoms with E-state index < -0.39 is 18.4 Å². The molecule has 2 unspecified atom stereocenters. The highest BCUT2D eigenvalue weighted by Gasteiger charge is 2.25. The SMILES string of the molecule is CCCCCCCCCCCCCCCCCCCCCCCCCCCCCCCCCCCCCCCCCC(=O)OC(COC(=O)CCCCCCCCCCCC)COC(OCC[N+](C)(C)C)C(=O)O. The molecule has 0 aromatic heterocycles. The van der Waals surface area contributed by atoms with Crippen LogP contribution in [-0.4, -0.2) is 87.4 Å². The lowest BCUT2D eigenvalue weighted by atomic mass is 10.0. The van der Waals surface area contributed by atoms with Crippen molar-refractivity contribution in [1.29, 1.82) is 0 Å². The molecule has 0 aliphatic rings. The number of esters is 2. The van der Waals surface area contributed by atoms with Crippen LogP contribution in [0.2, 0.25) is 0 Å². The lowest BCUT2D eigenvalue weighted by Crippen LogP contribution is -2.40. The third-order valence-electron chi connectivity index (χ3n) is 15.1. The van der Waals surface area contributed by atoms with Gasteiger partial charge in [0.1, 0.15) is 13.2 Å². The maximum atomic E-state index is 12.9. The Morgan fingerprint density at radius 1 is 0.351 bits per heavy atom. The summed E-state index contributed by atoms with van der Waals surface area (Å²) in [7, 11) is 5.98. The molecule has 0 radical (unpaired) electrons. The van der Waals surface area contributed by atoms with Gasteiger partial charge in [-0.25, -0.2) is 4.79 Å². The Morgan fingerprint density at radius 2 is 0.608 bits per heavy atom. The normalized spacial score (nSPS) is 12.6. The van der Waals surface area contributed by atoms with E-state index in [0.717, 1.165) is 38.5 Å². The second kappa shape index (κ2) is 57.5. The van der Waals surface area contributed by atoms with Crippen LogP contribution in [0.15, 0.2) is 0 Å². The first-order valence-corrected chi connectivity index (χ1v) is 32.7. The number of quaternary nitrogens is 1. The van der Waals surface area contributed by atoms with Crippen molar-refractivity contribution in [3.63, 3.8) is 0 Å². The van der Waals surface area contributed by atoms with Crippen molar-refractivity contribution in [2.45, 2.75) is 354 Å². The van der Waals surface area contributed by atoms with E-state index in [1.807, 2.05) is 21.1 Å². The van der Waals surface area contributed by atoms with Gasteiger partial charge in [0, 0.05) is 12.8 Å². The van der Waals surface area contributed by atoms with Gasteiger partial charge in [-0.2, -0.15) is 0 Å². The lowest BCUT2D eigenvalue weighted by Gasteiger charge is -2.25. The quantitative estimate of drug-likeness (QED) is 0.0278. The molecule has 0 spiro atoms. The standard InChI is InChI=1S/C65H127NO8/c1-6-8-10-12-14-16-18-19-20-21-22-23-24-25-26-27-28-29-30-31-32-33-34-35-36-37-38-39-40-41-42-43-44-45-46-48-50-52-54-56-63(68)74-61(60-73-65(64(69)70)71-58-57-66(3,4)5)59-72-62(67)55-53-51-49-47-17-15-13-11-9-7-2/h61,65H,6-60H2,1-5H3/p+1. The monoisotopic (exact) mass is 1050 g/mol. The van der Waals surface area contributed by atoms with E-state index in [9.17, 15) is 19.5 Å². The van der Waals surface area contributed by atoms with Crippen molar-refractivity contribution < 1.29 is 42.9 Å². The first kappa shape index (κ1) is 72.3. The van der Waals surface area contributed by atoms with Crippen LogP contribution >= 0.6 is 0 Å². The van der Waals surface area contributed by atoms with Crippen LogP contribution in [0.3, 0.4) is 0 Å². The van der Waals surface area contributed by atoms with Crippen LogP contribution in [0.4, 0.5) is 0 Å². The molecule has 0 aromatic rings. The van der Waals surface area contributed by atoms with Gasteiger partial charge in [-0.05, 0) is 12.8 Å². The second-order valence-electron chi connectivity index (χ2n) is 23.8. The van der Waals surface area contributed by atoms with Crippen molar-refractivity contribution in [2.24, 2.45) is 0 Å². The number of rotatable bonds is 62. The molecule has 9 nitrogen and oxygen atoms in total. The largest absolute Gasteiger partial charge is 0.477 e. The maximum Gasteiger partial charge on any atom is 0.361 e. The molecular formula is C65H128NO8+. The number of hydrogen-bond donors (Lipinski definition) is 1. The highest BCUT2D eigenvalue weighted by Crippen LogP contribution is 2.19. The van der Waals surface area contributed by atoms with Gasteiger partial charge in [0.05, 0.1) is 34.4 Å². The summed E-state index contributed by atoms with van der Waals surface area (Å²) >= 11 is 0. The van der Waals surface area contributed by atoms with Crippen LogP contribution < -0.4 is 0 Å². The Balaban J connectivity index is 3.82. The van der Waals surface area contributed by atoms with Gasteiger partial charge in [-0.3, -0.25) is 9.59 Å². The number of aliphatic carboxylic acids is 1. The molecule has 2 atom stereocenters. The molecule has 0 aliphatic carbocycles. The fraction of sp³-hybridized carbons (Fsp3) is 0.954. The molecule has 0 aliphatic heterocycles. The van der Waals surface area contributed by atoms with Crippen molar-refractivity contribution in [2.75, 3.05) is 47.5 Å². The number of nitrogens with zero attached hydrogens (tertiary/aromatic N) is 1. The number of likely N-dealkylation sites (N-methyl/N-ethyl adjacent to an activating group) is 1. The Labute approximate surface area is 460 Å². The number of carbonyl (C=O) groups excluding carboxylic acids is 2. The Morgan fingerprint density at radius 3 is 0.865 bits per heavy atom. The Bertz CT molecular complexity index is 1180. The summed E-state index contributed by atoms with van der Waals surface area (Å²) in [6.45, 7) is 4.92. The topological polar surface area (TPSA) is 108 Å². The summed E-state index contributed by atoms with van der Waals surface area (Å²) < 4.78 is 22.8. The summed E-state index contributed by atoms with van der Waals surface area (Å²) in [5.74, 6) is -1.98. The predicted octanol–water partition coefficient (Wildman–Crippen LogP) is 19.5. The molecule has 0 heterocycles. The van der Waals surface area contributed by atoms with E-state index in [0.29, 0.717) is 17.4 Å². The van der Waals surface area contributed by atoms with Gasteiger partial charge in [0.15, 0.2) is 6.10 Å². The fourth-order valence-corrected chi connectivity index (χ4v) is 10.1. The number of carbonyl (C=O) groups is 3. The van der Waals surface area contributed by atoms with E-state index in [1.165, 1.54) is 276 Å². The number of hydrogen-bond acceptors (Lipinski definition) is 7. The smallest absolute Gasteiger partial charge is 0.361 e. The summed E-state index contributed by atoms with van der Waals surface area (Å²) in [4.78, 5) is 37.3. The third kappa shape index (κ3) is 58.0. The molecular weight excluding hydrogens is 923 g/mol. The highest BCUT2D eigenvalue weighted by atomic mass is 16.7. The average molecular weight is 1050 g/mol. The van der Waals surface area contributed by atoms with Crippen LogP contribution in [0.1, 0.15) is 341 Å². The molecule has 0 aromatic carbocycles. The van der Waals surface area contributed by atoms with Crippen molar-refractivity contribution in [3.8, 4) is 0 Å². The molecule has 440 valence electrons. The zero-order valence-corrected chi connectivity index (χ0v) is 50.3. The van der Waals surface area contributed by atoms with E-state index in [-0.39, 0.29) is 38.2 Å². The van der Waals surface area contributed by atoms with E-state index >= 15 is 0 Å². The molecule has 1 N–H and O–H groups in total. The van der Waals surface area contributed by atoms with Crippen LogP contribution in [-0.2, 0) is 33.3 Å². The lowest BCUT2D eigenvalue weighted by molar-refractivity contribution is -0.870. The van der Waals surface area contributed by atoms with Gasteiger partial charge >= 0.3 is 17.9 Å². The van der Waals surface area contributed by atoms with Crippen molar-refractivity contribution in [1.82, 2.24) is 0 Å². The van der Waals surface area contributed by atoms with Gasteiger partial charge in [0.25, 0.3) is 6.29 Å². The minimum absolute atomic E-state index is 0.173. The molecule has 0 saturated carbocycles. The molecule has 74 heavy (non-hydrogen) atoms. The Hall–Kier alpha value is -1.71. The first-order valence-electron chi connectivity index (χ1n) is 32.7. The van der Waals surface area contributed by atoms with E-state index in [2.05, 4.69) is 13.8 Å². The van der Waals surface area contributed by atoms with E-state index in [4.69, 9.17) is 18.9 Å². The zero-order valence-electron chi connectivity index (χ0n) is 50.3. The van der Waals surface area contributed by atoms with Crippen molar-refractivity contribution >= 4 is 17.9 Å². The van der Waals surface area contributed by atoms with Gasteiger partial charge in [-0.1, -0.05) is 316 Å². The minimum Gasteiger partial charge on any atom is -0.477 e. The third-order valence-corrected chi connectivity index (χ3v) is 15.1. The van der Waals surface area contributed by atoms with Gasteiger partial charge < -0.3 is 28.5 Å². The zero-order chi connectivity index (χ0) is 54.1. The summed E-state index contributed by atoms with van der Waals surface area (Å²) in [6, 6.07) is 0. The van der Waals surface area contributed by atoms with Gasteiger partial charge in [0.2, 0.25) is 0 Å². The highest BCUT2D eigenvalue weighted by molar-refractivity contribution is 5.71. The molecule has 0 fully saturated rings. The summed E-state index contributed by atoms with van der Waals surface area (Å²) in [5.41, 5.74) is 0. The number of ether oxygens (including phenoxy) is 4. The molecule has 0 amide bonds. The van der Waals surface area contributed by atoms with Crippen LogP contribution in [0.5, 0.6) is 0 Å². The second-order valence-corrected chi connectivity index (χ2v) is 23.8. The van der Waals surface area contributed by atoms with Crippen LogP contribution in [0, 0.1) is 0 Å². The number of unbranched alkanes of at least 4 members (excludes halogenated alkanes) is 47.